The SMILES string of the molecule is CC(C)(C)OC(=O)N1CCOC[C@H]1c1cc(-c2cnc3[nH]cc(Cl)c3c2)cc2c1CN(C(=O)C(C)(C)O)CC2. The summed E-state index contributed by atoms with van der Waals surface area (Å²) in [6.07, 6.45) is 3.72. The van der Waals surface area contributed by atoms with E-state index in [1.165, 1.54) is 13.8 Å². The Balaban J connectivity index is 1.62. The van der Waals surface area contributed by atoms with E-state index < -0.39 is 23.3 Å². The minimum absolute atomic E-state index is 0.301. The number of aromatic amines is 1. The second-order valence-corrected chi connectivity index (χ2v) is 12.2. The maximum Gasteiger partial charge on any atom is 0.410 e. The molecule has 0 unspecified atom stereocenters. The second-order valence-electron chi connectivity index (χ2n) is 11.8. The van der Waals surface area contributed by atoms with Crippen molar-refractivity contribution in [3.63, 3.8) is 0 Å². The van der Waals surface area contributed by atoms with Crippen LogP contribution in [0.3, 0.4) is 0 Å². The number of aromatic nitrogens is 2. The Hall–Kier alpha value is -3.14. The van der Waals surface area contributed by atoms with Crippen LogP contribution in [-0.4, -0.2) is 74.4 Å². The number of rotatable bonds is 3. The fourth-order valence-electron chi connectivity index (χ4n) is 5.25. The first-order valence-electron chi connectivity index (χ1n) is 13.2. The molecule has 2 aliphatic heterocycles. The molecule has 208 valence electrons. The molecule has 1 aromatic carbocycles. The lowest BCUT2D eigenvalue weighted by atomic mass is 9.86. The van der Waals surface area contributed by atoms with E-state index in [9.17, 15) is 14.7 Å². The lowest BCUT2D eigenvalue weighted by Gasteiger charge is -2.40. The van der Waals surface area contributed by atoms with Gasteiger partial charge in [0.25, 0.3) is 5.91 Å². The molecule has 0 aliphatic carbocycles. The fraction of sp³-hybridized carbons (Fsp3) is 0.483. The molecular formula is C29H35ClN4O5. The molecule has 0 spiro atoms. The summed E-state index contributed by atoms with van der Waals surface area (Å²) in [7, 11) is 0. The second kappa shape index (κ2) is 10.1. The first-order valence-corrected chi connectivity index (χ1v) is 13.6. The van der Waals surface area contributed by atoms with Crippen LogP contribution in [0.15, 0.2) is 30.6 Å². The fourth-order valence-corrected chi connectivity index (χ4v) is 5.45. The van der Waals surface area contributed by atoms with E-state index in [1.54, 1.807) is 22.2 Å². The van der Waals surface area contributed by atoms with Crippen LogP contribution in [0.25, 0.3) is 22.2 Å². The Morgan fingerprint density at radius 1 is 1.15 bits per heavy atom. The number of hydrogen-bond acceptors (Lipinski definition) is 6. The molecule has 9 nitrogen and oxygen atoms in total. The summed E-state index contributed by atoms with van der Waals surface area (Å²) in [6, 6.07) is 5.77. The third-order valence-corrected chi connectivity index (χ3v) is 7.43. The standard InChI is InChI=1S/C29H35ClN4O5/c1-28(2,3)39-27(36)34-8-9-38-16-24(34)20-11-18(19-12-21-23(30)14-32-25(21)31-13-19)10-17-6-7-33(15-22(17)20)26(35)29(4,5)37/h10-14,24,37H,6-9,15-16H2,1-5H3,(H,31,32)/t24-/m0/s1. The number of halogens is 1. The number of benzene rings is 1. The van der Waals surface area contributed by atoms with Gasteiger partial charge in [-0.15, -0.1) is 0 Å². The van der Waals surface area contributed by atoms with Crippen LogP contribution in [-0.2, 0) is 27.2 Å². The molecule has 1 saturated heterocycles. The average molecular weight is 555 g/mol. The van der Waals surface area contributed by atoms with Crippen LogP contribution in [0.2, 0.25) is 5.02 Å². The molecule has 1 fully saturated rings. The molecule has 1 atom stereocenters. The van der Waals surface area contributed by atoms with Gasteiger partial charge in [0.05, 0.1) is 24.3 Å². The number of aliphatic hydroxyl groups is 1. The summed E-state index contributed by atoms with van der Waals surface area (Å²) >= 11 is 6.39. The number of nitrogens with zero attached hydrogens (tertiary/aromatic N) is 3. The predicted molar refractivity (Wildman–Crippen MR) is 148 cm³/mol. The molecule has 39 heavy (non-hydrogen) atoms. The van der Waals surface area contributed by atoms with Gasteiger partial charge < -0.3 is 24.5 Å². The van der Waals surface area contributed by atoms with E-state index in [0.29, 0.717) is 49.9 Å². The Morgan fingerprint density at radius 3 is 2.64 bits per heavy atom. The molecule has 10 heteroatoms. The number of nitrogens with one attached hydrogen (secondary N) is 1. The van der Waals surface area contributed by atoms with E-state index in [0.717, 1.165) is 33.2 Å². The Morgan fingerprint density at radius 2 is 1.92 bits per heavy atom. The van der Waals surface area contributed by atoms with E-state index in [1.807, 2.05) is 26.8 Å². The van der Waals surface area contributed by atoms with Crippen LogP contribution in [0.4, 0.5) is 4.79 Å². The Bertz CT molecular complexity index is 1420. The van der Waals surface area contributed by atoms with Crippen molar-refractivity contribution in [2.75, 3.05) is 26.3 Å². The van der Waals surface area contributed by atoms with Gasteiger partial charge in [-0.1, -0.05) is 17.7 Å². The number of ether oxygens (including phenoxy) is 2. The summed E-state index contributed by atoms with van der Waals surface area (Å²) in [5.41, 5.74) is 3.34. The van der Waals surface area contributed by atoms with E-state index >= 15 is 0 Å². The summed E-state index contributed by atoms with van der Waals surface area (Å²) in [5.74, 6) is -0.330. The molecule has 2 amide bonds. The van der Waals surface area contributed by atoms with E-state index in [2.05, 4.69) is 22.1 Å². The van der Waals surface area contributed by atoms with Crippen molar-refractivity contribution < 1.29 is 24.2 Å². The number of carbonyl (C=O) groups excluding carboxylic acids is 2. The average Bonchev–Trinajstić information content (AvgIpc) is 3.25. The van der Waals surface area contributed by atoms with Gasteiger partial charge >= 0.3 is 6.09 Å². The highest BCUT2D eigenvalue weighted by Crippen LogP contribution is 2.38. The largest absolute Gasteiger partial charge is 0.444 e. The number of pyridine rings is 1. The summed E-state index contributed by atoms with van der Waals surface area (Å²) in [6.45, 7) is 10.5. The molecule has 2 aliphatic rings. The lowest BCUT2D eigenvalue weighted by Crippen LogP contribution is -2.48. The number of amides is 2. The lowest BCUT2D eigenvalue weighted by molar-refractivity contribution is -0.148. The number of fused-ring (bicyclic) bond motifs is 2. The predicted octanol–water partition coefficient (Wildman–Crippen LogP) is 4.85. The van der Waals surface area contributed by atoms with Gasteiger partial charge in [-0.05, 0) is 75.4 Å². The van der Waals surface area contributed by atoms with Crippen LogP contribution in [0, 0.1) is 0 Å². The van der Waals surface area contributed by atoms with Crippen molar-refractivity contribution in [1.82, 2.24) is 19.8 Å². The van der Waals surface area contributed by atoms with Gasteiger partial charge in [-0.2, -0.15) is 0 Å². The smallest absolute Gasteiger partial charge is 0.410 e. The zero-order valence-electron chi connectivity index (χ0n) is 23.0. The zero-order chi connectivity index (χ0) is 28.1. The molecule has 0 bridgehead atoms. The van der Waals surface area contributed by atoms with E-state index in [-0.39, 0.29) is 5.91 Å². The molecular weight excluding hydrogens is 520 g/mol. The molecule has 0 radical (unpaired) electrons. The summed E-state index contributed by atoms with van der Waals surface area (Å²) < 4.78 is 11.6. The number of morpholine rings is 1. The normalized spacial score (nSPS) is 18.3. The third-order valence-electron chi connectivity index (χ3n) is 7.12. The topological polar surface area (TPSA) is 108 Å². The summed E-state index contributed by atoms with van der Waals surface area (Å²) in [5, 5.41) is 11.8. The van der Waals surface area contributed by atoms with Crippen LogP contribution in [0.1, 0.15) is 57.4 Å². The monoisotopic (exact) mass is 554 g/mol. The quantitative estimate of drug-likeness (QED) is 0.479. The van der Waals surface area contributed by atoms with Gasteiger partial charge in [0.15, 0.2) is 0 Å². The number of carbonyl (C=O) groups is 2. The van der Waals surface area contributed by atoms with Crippen molar-refractivity contribution >= 4 is 34.6 Å². The van der Waals surface area contributed by atoms with Gasteiger partial charge in [0, 0.05) is 43.0 Å². The Labute approximate surface area is 233 Å². The van der Waals surface area contributed by atoms with Crippen LogP contribution in [0.5, 0.6) is 0 Å². The van der Waals surface area contributed by atoms with Gasteiger partial charge in [-0.25, -0.2) is 9.78 Å². The van der Waals surface area contributed by atoms with Gasteiger partial charge in [-0.3, -0.25) is 9.69 Å². The maximum atomic E-state index is 13.3. The first-order chi connectivity index (χ1) is 18.3. The minimum Gasteiger partial charge on any atom is -0.444 e. The maximum absolute atomic E-state index is 13.3. The number of hydrogen-bond donors (Lipinski definition) is 2. The van der Waals surface area contributed by atoms with Gasteiger partial charge in [0.1, 0.15) is 16.8 Å². The highest BCUT2D eigenvalue weighted by molar-refractivity contribution is 6.35. The molecule has 0 saturated carbocycles. The highest BCUT2D eigenvalue weighted by Gasteiger charge is 2.37. The molecule has 4 heterocycles. The van der Waals surface area contributed by atoms with E-state index in [4.69, 9.17) is 21.1 Å². The van der Waals surface area contributed by atoms with Crippen LogP contribution < -0.4 is 0 Å². The van der Waals surface area contributed by atoms with Crippen molar-refractivity contribution in [3.8, 4) is 11.1 Å². The molecule has 2 N–H and O–H groups in total. The molecule has 2 aromatic heterocycles. The first kappa shape index (κ1) is 27.4. The zero-order valence-corrected chi connectivity index (χ0v) is 23.8. The van der Waals surface area contributed by atoms with Crippen molar-refractivity contribution in [3.05, 3.63) is 52.3 Å². The van der Waals surface area contributed by atoms with Crippen LogP contribution >= 0.6 is 11.6 Å². The van der Waals surface area contributed by atoms with Crippen molar-refractivity contribution in [1.29, 1.82) is 0 Å². The number of H-pyrrole nitrogens is 1. The van der Waals surface area contributed by atoms with Crippen molar-refractivity contribution in [2.24, 2.45) is 0 Å². The Kier molecular flexibility index (Phi) is 7.11. The summed E-state index contributed by atoms with van der Waals surface area (Å²) in [4.78, 5) is 37.3. The van der Waals surface area contributed by atoms with Crippen molar-refractivity contribution in [2.45, 2.75) is 64.8 Å². The molecule has 3 aromatic rings. The van der Waals surface area contributed by atoms with Gasteiger partial charge in [0.2, 0.25) is 0 Å². The minimum atomic E-state index is -1.48. The molecule has 5 rings (SSSR count). The highest BCUT2D eigenvalue weighted by atomic mass is 35.5. The third kappa shape index (κ3) is 5.62.